The molecule has 3 rings (SSSR count). The van der Waals surface area contributed by atoms with E-state index in [4.69, 9.17) is 10.2 Å². The summed E-state index contributed by atoms with van der Waals surface area (Å²) in [6, 6.07) is 13.0. The largest absolute Gasteiger partial charge is 0.419 e. The van der Waals surface area contributed by atoms with E-state index in [2.05, 4.69) is 31.4 Å². The van der Waals surface area contributed by atoms with Crippen LogP contribution in [0.3, 0.4) is 0 Å². The van der Waals surface area contributed by atoms with Crippen LogP contribution in [0, 0.1) is 6.92 Å². The number of hydrogen-bond acceptors (Lipinski definition) is 5. The molecule has 0 unspecified atom stereocenters. The molecule has 3 N–H and O–H groups in total. The number of carbonyl (C=O) groups excluding carboxylic acids is 1. The molecule has 122 valence electrons. The molecule has 0 radical (unpaired) electrons. The first-order valence-corrected chi connectivity index (χ1v) is 8.05. The van der Waals surface area contributed by atoms with Gasteiger partial charge in [0.2, 0.25) is 17.7 Å². The Morgan fingerprint density at radius 1 is 1.25 bits per heavy atom. The number of carbonyl (C=O) groups is 1. The molecular weight excluding hydrogens is 372 g/mol. The maximum absolute atomic E-state index is 11.4. The molecule has 0 aliphatic heterocycles. The summed E-state index contributed by atoms with van der Waals surface area (Å²) in [5.74, 6) is 0.454. The number of halogens is 1. The van der Waals surface area contributed by atoms with Crippen LogP contribution < -0.4 is 11.1 Å². The Kier molecular flexibility index (Phi) is 4.61. The highest BCUT2D eigenvalue weighted by Crippen LogP contribution is 2.23. The van der Waals surface area contributed by atoms with Crippen LogP contribution in [0.25, 0.3) is 11.5 Å². The lowest BCUT2D eigenvalue weighted by Gasteiger charge is -2.10. The molecule has 1 heterocycles. The lowest BCUT2D eigenvalue weighted by molar-refractivity contribution is 0.1000. The third kappa shape index (κ3) is 3.46. The van der Waals surface area contributed by atoms with Crippen LogP contribution in [-0.2, 0) is 6.54 Å². The van der Waals surface area contributed by atoms with Crippen LogP contribution in [0.4, 0.5) is 5.69 Å². The maximum atomic E-state index is 11.4. The third-order valence-electron chi connectivity index (χ3n) is 3.57. The van der Waals surface area contributed by atoms with Crippen LogP contribution in [-0.4, -0.2) is 16.1 Å². The number of anilines is 1. The minimum absolute atomic E-state index is 0.351. The predicted molar refractivity (Wildman–Crippen MR) is 94.5 cm³/mol. The van der Waals surface area contributed by atoms with E-state index in [-0.39, 0.29) is 0 Å². The van der Waals surface area contributed by atoms with E-state index in [1.54, 1.807) is 12.1 Å². The predicted octanol–water partition coefficient (Wildman–Crippen LogP) is 3.52. The number of nitrogens with zero attached hydrogens (tertiary/aromatic N) is 2. The van der Waals surface area contributed by atoms with E-state index in [1.807, 2.05) is 37.3 Å². The van der Waals surface area contributed by atoms with Crippen molar-refractivity contribution in [3.63, 3.8) is 0 Å². The van der Waals surface area contributed by atoms with Gasteiger partial charge in [-0.3, -0.25) is 4.79 Å². The summed E-state index contributed by atoms with van der Waals surface area (Å²) < 4.78 is 6.61. The molecule has 0 aliphatic carbocycles. The van der Waals surface area contributed by atoms with Crippen LogP contribution >= 0.6 is 15.9 Å². The Balaban J connectivity index is 1.75. The first-order chi connectivity index (χ1) is 11.5. The van der Waals surface area contributed by atoms with Gasteiger partial charge in [-0.25, -0.2) is 0 Å². The van der Waals surface area contributed by atoms with E-state index >= 15 is 0 Å². The SMILES string of the molecule is Cc1c(NCc2nnc(-c3cccc(Br)c3)o2)cccc1C(N)=O. The van der Waals surface area contributed by atoms with Crippen molar-refractivity contribution in [1.29, 1.82) is 0 Å². The minimum atomic E-state index is -0.453. The highest BCUT2D eigenvalue weighted by molar-refractivity contribution is 9.10. The molecule has 7 heteroatoms. The van der Waals surface area contributed by atoms with Gasteiger partial charge in [0.25, 0.3) is 0 Å². The number of amides is 1. The van der Waals surface area contributed by atoms with Crippen molar-refractivity contribution in [3.8, 4) is 11.5 Å². The summed E-state index contributed by atoms with van der Waals surface area (Å²) in [7, 11) is 0. The number of rotatable bonds is 5. The second-order valence-corrected chi connectivity index (χ2v) is 6.12. The van der Waals surface area contributed by atoms with Gasteiger partial charge in [-0.2, -0.15) is 0 Å². The lowest BCUT2D eigenvalue weighted by atomic mass is 10.1. The smallest absolute Gasteiger partial charge is 0.249 e. The Morgan fingerprint density at radius 2 is 2.04 bits per heavy atom. The topological polar surface area (TPSA) is 94.0 Å². The standard InChI is InChI=1S/C17H15BrN4O2/c1-10-13(16(19)23)6-3-7-14(10)20-9-15-21-22-17(24-15)11-4-2-5-12(18)8-11/h2-8,20H,9H2,1H3,(H2,19,23). The van der Waals surface area contributed by atoms with Crippen molar-refractivity contribution in [2.24, 2.45) is 5.73 Å². The van der Waals surface area contributed by atoms with Gasteiger partial charge >= 0.3 is 0 Å². The average molecular weight is 387 g/mol. The van der Waals surface area contributed by atoms with Crippen molar-refractivity contribution >= 4 is 27.5 Å². The second-order valence-electron chi connectivity index (χ2n) is 5.21. The van der Waals surface area contributed by atoms with Crippen molar-refractivity contribution < 1.29 is 9.21 Å². The lowest BCUT2D eigenvalue weighted by Crippen LogP contribution is -2.14. The van der Waals surface area contributed by atoms with Crippen molar-refractivity contribution in [3.05, 3.63) is 64.0 Å². The van der Waals surface area contributed by atoms with Gasteiger partial charge in [0, 0.05) is 21.3 Å². The molecule has 0 saturated heterocycles. The van der Waals surface area contributed by atoms with Gasteiger partial charge in [0.1, 0.15) is 0 Å². The molecule has 2 aromatic carbocycles. The maximum Gasteiger partial charge on any atom is 0.249 e. The fourth-order valence-corrected chi connectivity index (χ4v) is 2.73. The minimum Gasteiger partial charge on any atom is -0.419 e. The zero-order valence-corrected chi connectivity index (χ0v) is 14.5. The van der Waals surface area contributed by atoms with Gasteiger partial charge < -0.3 is 15.5 Å². The summed E-state index contributed by atoms with van der Waals surface area (Å²) in [6.07, 6.45) is 0. The second kappa shape index (κ2) is 6.84. The molecule has 1 aromatic heterocycles. The van der Waals surface area contributed by atoms with Gasteiger partial charge in [-0.05, 0) is 42.8 Å². The molecule has 24 heavy (non-hydrogen) atoms. The number of hydrogen-bond donors (Lipinski definition) is 2. The molecule has 0 saturated carbocycles. The summed E-state index contributed by atoms with van der Waals surface area (Å²) in [5, 5.41) is 11.3. The molecule has 1 amide bonds. The molecule has 0 fully saturated rings. The Hall–Kier alpha value is -2.67. The molecule has 0 bridgehead atoms. The van der Waals surface area contributed by atoms with E-state index in [0.717, 1.165) is 21.3 Å². The fraction of sp³-hybridized carbons (Fsp3) is 0.118. The molecule has 0 aliphatic rings. The first kappa shape index (κ1) is 16.2. The van der Waals surface area contributed by atoms with E-state index in [0.29, 0.717) is 23.9 Å². The number of nitrogens with one attached hydrogen (secondary N) is 1. The third-order valence-corrected chi connectivity index (χ3v) is 4.06. The fourth-order valence-electron chi connectivity index (χ4n) is 2.33. The Bertz CT molecular complexity index is 892. The van der Waals surface area contributed by atoms with E-state index in [1.165, 1.54) is 0 Å². The van der Waals surface area contributed by atoms with Crippen molar-refractivity contribution in [1.82, 2.24) is 10.2 Å². The van der Waals surface area contributed by atoms with Crippen LogP contribution in [0.15, 0.2) is 51.4 Å². The normalized spacial score (nSPS) is 10.6. The summed E-state index contributed by atoms with van der Waals surface area (Å²) in [4.78, 5) is 11.4. The molecule has 0 spiro atoms. The van der Waals surface area contributed by atoms with Gasteiger partial charge in [-0.1, -0.05) is 28.1 Å². The molecule has 0 atom stereocenters. The van der Waals surface area contributed by atoms with Crippen LogP contribution in [0.5, 0.6) is 0 Å². The van der Waals surface area contributed by atoms with Gasteiger partial charge in [-0.15, -0.1) is 10.2 Å². The van der Waals surface area contributed by atoms with Gasteiger partial charge in [0.05, 0.1) is 6.54 Å². The van der Waals surface area contributed by atoms with Crippen molar-refractivity contribution in [2.45, 2.75) is 13.5 Å². The average Bonchev–Trinajstić information content (AvgIpc) is 3.02. The number of aromatic nitrogens is 2. The van der Waals surface area contributed by atoms with Crippen molar-refractivity contribution in [2.75, 3.05) is 5.32 Å². The zero-order valence-electron chi connectivity index (χ0n) is 12.9. The number of primary amides is 1. The van der Waals surface area contributed by atoms with E-state index < -0.39 is 5.91 Å². The molecular formula is C17H15BrN4O2. The molecule has 3 aromatic rings. The molecule has 6 nitrogen and oxygen atoms in total. The summed E-state index contributed by atoms with van der Waals surface area (Å²) in [5.41, 5.74) is 8.28. The zero-order chi connectivity index (χ0) is 17.1. The number of benzene rings is 2. The number of nitrogens with two attached hydrogens (primary N) is 1. The summed E-state index contributed by atoms with van der Waals surface area (Å²) >= 11 is 3.41. The van der Waals surface area contributed by atoms with E-state index in [9.17, 15) is 4.79 Å². The highest BCUT2D eigenvalue weighted by Gasteiger charge is 2.11. The Morgan fingerprint density at radius 3 is 2.79 bits per heavy atom. The highest BCUT2D eigenvalue weighted by atomic mass is 79.9. The van der Waals surface area contributed by atoms with Crippen LogP contribution in [0.2, 0.25) is 0 Å². The first-order valence-electron chi connectivity index (χ1n) is 7.26. The monoisotopic (exact) mass is 386 g/mol. The summed E-state index contributed by atoms with van der Waals surface area (Å²) in [6.45, 7) is 2.19. The van der Waals surface area contributed by atoms with Gasteiger partial charge in [0.15, 0.2) is 0 Å². The Labute approximate surface area is 147 Å². The van der Waals surface area contributed by atoms with Crippen LogP contribution in [0.1, 0.15) is 21.8 Å². The quantitative estimate of drug-likeness (QED) is 0.699.